The number of esters is 1. The van der Waals surface area contributed by atoms with E-state index in [1.54, 1.807) is 6.92 Å². The van der Waals surface area contributed by atoms with Crippen LogP contribution in [0.3, 0.4) is 0 Å². The molecule has 4 rings (SSSR count). The maximum Gasteiger partial charge on any atom is 0.333 e. The highest BCUT2D eigenvalue weighted by Crippen LogP contribution is 2.14. The average Bonchev–Trinajstić information content (AvgIpc) is 3.17. The first-order chi connectivity index (χ1) is 25.3. The number of unbranched alkanes of at least 4 members (excludes halogenated alkanes) is 13. The van der Waals surface area contributed by atoms with Crippen LogP contribution in [0.4, 0.5) is 0 Å². The number of rotatable bonds is 23. The number of benzene rings is 4. The van der Waals surface area contributed by atoms with Crippen LogP contribution >= 0.6 is 0 Å². The molecule has 0 aliphatic carbocycles. The van der Waals surface area contributed by atoms with Crippen LogP contribution in [0.2, 0.25) is 0 Å². The van der Waals surface area contributed by atoms with Gasteiger partial charge in [0.25, 0.3) is 0 Å². The van der Waals surface area contributed by atoms with Crippen LogP contribution in [0.25, 0.3) is 0 Å². The minimum absolute atomic E-state index is 0.272. The van der Waals surface area contributed by atoms with Gasteiger partial charge in [-0.2, -0.15) is 21.9 Å². The number of carbonyl (C=O) groups excluding carboxylic acids is 1. The summed E-state index contributed by atoms with van der Waals surface area (Å²) in [6.07, 6.45) is 18.4. The maximum absolute atomic E-state index is 11.4. The lowest BCUT2D eigenvalue weighted by molar-refractivity contribution is -0.890. The van der Waals surface area contributed by atoms with Crippen LogP contribution in [0, 0.1) is 0 Å². The zero-order chi connectivity index (χ0) is 37.3. The Morgan fingerprint density at radius 1 is 0.519 bits per heavy atom. The monoisotopic (exact) mass is 702 g/mol. The Kier molecular flexibility index (Phi) is 19.9. The topological polar surface area (TPSA) is 26.3 Å². The van der Waals surface area contributed by atoms with Crippen molar-refractivity contribution in [3.8, 4) is 0 Å². The Hall–Kier alpha value is -3.89. The van der Waals surface area contributed by atoms with E-state index < -0.39 is 6.15 Å². The zero-order valence-corrected chi connectivity index (χ0v) is 33.1. The van der Waals surface area contributed by atoms with Gasteiger partial charge in [-0.05, 0) is 19.8 Å². The van der Waals surface area contributed by atoms with Crippen molar-refractivity contribution in [1.82, 2.24) is 0 Å². The summed E-state index contributed by atoms with van der Waals surface area (Å²) in [5, 5.41) is 0. The van der Waals surface area contributed by atoms with Crippen LogP contribution in [-0.2, 0) is 9.53 Å². The van der Waals surface area contributed by atoms with Crippen LogP contribution in [-0.4, -0.2) is 50.4 Å². The van der Waals surface area contributed by atoms with Gasteiger partial charge in [0.05, 0.1) is 20.6 Å². The lowest BCUT2D eigenvalue weighted by atomic mass is 9.13. The molecule has 0 aliphatic heterocycles. The first-order valence-corrected chi connectivity index (χ1v) is 20.3. The molecule has 0 aromatic heterocycles. The molecule has 0 heterocycles. The molecule has 0 radical (unpaired) electrons. The standard InChI is InChI=1S/C24H20B.C24H48NO2/c1-5-13-21(14-6-1)25(22-15-7-2-8-16-22,23-17-9-3-10-18-23)24-19-11-4-12-20-24;1-6-7-8-9-10-11-12-13-14-15-16-17-18-19-20-25(4,5)21-22-27-24(26)23(2)3/h1-20H;2,6-22H2,1,3-5H3/q-1;+1. The minimum Gasteiger partial charge on any atom is -0.456 e. The summed E-state index contributed by atoms with van der Waals surface area (Å²) < 4.78 is 6.13. The van der Waals surface area contributed by atoms with Gasteiger partial charge in [0, 0.05) is 5.57 Å². The minimum atomic E-state index is -1.22. The Labute approximate surface area is 318 Å². The van der Waals surface area contributed by atoms with E-state index in [1.807, 2.05) is 0 Å². The van der Waals surface area contributed by atoms with Gasteiger partial charge in [-0.3, -0.25) is 0 Å². The molecule has 4 aromatic carbocycles. The number of quaternary nitrogens is 1. The molecule has 0 saturated heterocycles. The lowest BCUT2D eigenvalue weighted by Crippen LogP contribution is -2.74. The summed E-state index contributed by atoms with van der Waals surface area (Å²) in [6, 6.07) is 43.5. The predicted molar refractivity (Wildman–Crippen MR) is 228 cm³/mol. The van der Waals surface area contributed by atoms with Crippen molar-refractivity contribution in [2.75, 3.05) is 33.8 Å². The smallest absolute Gasteiger partial charge is 0.333 e. The molecule has 0 unspecified atom stereocenters. The van der Waals surface area contributed by atoms with Crippen molar-refractivity contribution in [1.29, 1.82) is 0 Å². The van der Waals surface area contributed by atoms with Crippen LogP contribution in [0.15, 0.2) is 133 Å². The molecule has 0 spiro atoms. The number of hydrogen-bond acceptors (Lipinski definition) is 2. The SMILES string of the molecule is C=C(C)C(=O)OCC[N+](C)(C)CCCCCCCCCCCCCCCC.c1ccc([B-](c2ccccc2)(c2ccccc2)c2ccccc2)cc1. The molecule has 4 heteroatoms. The third-order valence-corrected chi connectivity index (χ3v) is 10.6. The summed E-state index contributed by atoms with van der Waals surface area (Å²) in [4.78, 5) is 11.4. The van der Waals surface area contributed by atoms with Crippen molar-refractivity contribution in [3.05, 3.63) is 133 Å². The Morgan fingerprint density at radius 3 is 1.13 bits per heavy atom. The van der Waals surface area contributed by atoms with Gasteiger partial charge in [0.15, 0.2) is 0 Å². The molecule has 0 N–H and O–H groups in total. The molecule has 4 aromatic rings. The Morgan fingerprint density at radius 2 is 0.827 bits per heavy atom. The summed E-state index contributed by atoms with van der Waals surface area (Å²) >= 11 is 0. The van der Waals surface area contributed by atoms with Crippen LogP contribution in [0.5, 0.6) is 0 Å². The molecule has 52 heavy (non-hydrogen) atoms. The second-order valence-electron chi connectivity index (χ2n) is 15.4. The van der Waals surface area contributed by atoms with E-state index in [1.165, 1.54) is 112 Å². The van der Waals surface area contributed by atoms with E-state index >= 15 is 0 Å². The van der Waals surface area contributed by atoms with Crippen LogP contribution < -0.4 is 21.9 Å². The van der Waals surface area contributed by atoms with Crippen molar-refractivity contribution in [2.24, 2.45) is 0 Å². The molecular weight excluding hydrogens is 633 g/mol. The highest BCUT2D eigenvalue weighted by atomic mass is 16.5. The highest BCUT2D eigenvalue weighted by molar-refractivity contribution is 7.19. The fourth-order valence-electron chi connectivity index (χ4n) is 7.48. The van der Waals surface area contributed by atoms with Crippen LogP contribution in [0.1, 0.15) is 104 Å². The van der Waals surface area contributed by atoms with Gasteiger partial charge in [0.2, 0.25) is 0 Å². The normalized spacial score (nSPS) is 11.4. The molecular formula is C48H68BNO2. The molecule has 280 valence electrons. The van der Waals surface area contributed by atoms with E-state index in [-0.39, 0.29) is 5.97 Å². The fraction of sp³-hybridized carbons (Fsp3) is 0.438. The number of nitrogens with zero attached hydrogens (tertiary/aromatic N) is 1. The quantitative estimate of drug-likeness (QED) is 0.0253. The van der Waals surface area contributed by atoms with Crippen molar-refractivity contribution in [2.45, 2.75) is 104 Å². The van der Waals surface area contributed by atoms with E-state index in [9.17, 15) is 4.79 Å². The summed E-state index contributed by atoms with van der Waals surface area (Å²) in [7, 11) is 4.44. The number of hydrogen-bond donors (Lipinski definition) is 0. The molecule has 0 amide bonds. The molecule has 0 saturated carbocycles. The average molecular weight is 702 g/mol. The van der Waals surface area contributed by atoms with E-state index in [2.05, 4.69) is 149 Å². The summed E-state index contributed by atoms with van der Waals surface area (Å²) in [6.45, 7) is 10.1. The maximum atomic E-state index is 11.4. The highest BCUT2D eigenvalue weighted by Gasteiger charge is 2.31. The predicted octanol–water partition coefficient (Wildman–Crippen LogP) is 9.73. The molecule has 0 bridgehead atoms. The van der Waals surface area contributed by atoms with Gasteiger partial charge in [-0.1, -0.05) is 212 Å². The van der Waals surface area contributed by atoms with E-state index in [0.717, 1.165) is 17.6 Å². The van der Waals surface area contributed by atoms with Gasteiger partial charge in [0.1, 0.15) is 19.3 Å². The Bertz CT molecular complexity index is 1340. The Balaban J connectivity index is 0.000000280. The summed E-state index contributed by atoms with van der Waals surface area (Å²) in [5.74, 6) is -0.272. The van der Waals surface area contributed by atoms with E-state index in [0.29, 0.717) is 12.2 Å². The number of carbonyl (C=O) groups is 1. The van der Waals surface area contributed by atoms with Gasteiger partial charge in [-0.15, -0.1) is 0 Å². The number of ether oxygens (including phenoxy) is 1. The second kappa shape index (κ2) is 24.4. The lowest BCUT2D eigenvalue weighted by Gasteiger charge is -2.44. The fourth-order valence-corrected chi connectivity index (χ4v) is 7.48. The first-order valence-electron chi connectivity index (χ1n) is 20.3. The largest absolute Gasteiger partial charge is 0.456 e. The van der Waals surface area contributed by atoms with Gasteiger partial charge in [-0.25, -0.2) is 4.79 Å². The molecule has 0 aliphatic rings. The molecule has 3 nitrogen and oxygen atoms in total. The van der Waals surface area contributed by atoms with E-state index in [4.69, 9.17) is 4.74 Å². The second-order valence-corrected chi connectivity index (χ2v) is 15.4. The van der Waals surface area contributed by atoms with Gasteiger partial charge >= 0.3 is 5.97 Å². The summed E-state index contributed by atoms with van der Waals surface area (Å²) in [5.41, 5.74) is 5.83. The molecule has 0 atom stereocenters. The van der Waals surface area contributed by atoms with Crippen molar-refractivity contribution in [3.63, 3.8) is 0 Å². The first kappa shape index (κ1) is 42.5. The third-order valence-electron chi connectivity index (χ3n) is 10.6. The molecule has 0 fully saturated rings. The zero-order valence-electron chi connectivity index (χ0n) is 33.1. The van der Waals surface area contributed by atoms with Gasteiger partial charge < -0.3 is 9.22 Å². The van der Waals surface area contributed by atoms with Crippen molar-refractivity contribution < 1.29 is 14.0 Å². The number of likely N-dealkylation sites (N-methyl/N-ethyl adjacent to an activating group) is 1. The van der Waals surface area contributed by atoms with Crippen molar-refractivity contribution >= 4 is 34.0 Å². The third kappa shape index (κ3) is 14.6.